The van der Waals surface area contributed by atoms with Gasteiger partial charge in [0.2, 0.25) is 0 Å². The minimum atomic E-state index is 0.0442. The van der Waals surface area contributed by atoms with E-state index in [-0.39, 0.29) is 5.41 Å². The van der Waals surface area contributed by atoms with E-state index < -0.39 is 0 Å². The first-order valence-electron chi connectivity index (χ1n) is 6.15. The van der Waals surface area contributed by atoms with E-state index in [2.05, 4.69) is 20.8 Å². The largest absolute Gasteiger partial charge is 0.299 e. The molecular weight excluding hydrogens is 172 g/mol. The second-order valence-electron chi connectivity index (χ2n) is 5.08. The molecule has 1 nitrogen and oxygen atoms in total. The van der Waals surface area contributed by atoms with Crippen molar-refractivity contribution in [1.82, 2.24) is 0 Å². The van der Waals surface area contributed by atoms with Crippen LogP contribution < -0.4 is 0 Å². The highest BCUT2D eigenvalue weighted by Crippen LogP contribution is 2.40. The van der Waals surface area contributed by atoms with Crippen LogP contribution in [0.1, 0.15) is 65.7 Å². The lowest BCUT2D eigenvalue weighted by atomic mass is 9.79. The van der Waals surface area contributed by atoms with Gasteiger partial charge in [0.1, 0.15) is 5.78 Å². The van der Waals surface area contributed by atoms with Gasteiger partial charge in [-0.15, -0.1) is 0 Å². The molecule has 1 fully saturated rings. The normalized spacial score (nSPS) is 20.3. The second-order valence-corrected chi connectivity index (χ2v) is 5.08. The van der Waals surface area contributed by atoms with Gasteiger partial charge < -0.3 is 0 Å². The summed E-state index contributed by atoms with van der Waals surface area (Å²) in [7, 11) is 0. The van der Waals surface area contributed by atoms with Gasteiger partial charge in [0.05, 0.1) is 0 Å². The van der Waals surface area contributed by atoms with E-state index >= 15 is 0 Å². The summed E-state index contributed by atoms with van der Waals surface area (Å²) in [6, 6.07) is 0. The average molecular weight is 196 g/mol. The summed E-state index contributed by atoms with van der Waals surface area (Å²) in [6.07, 6.45) is 7.90. The highest BCUT2D eigenvalue weighted by Gasteiger charge is 2.36. The van der Waals surface area contributed by atoms with E-state index in [1.54, 1.807) is 0 Å². The zero-order chi connectivity index (χ0) is 10.6. The Labute approximate surface area is 88.3 Å². The van der Waals surface area contributed by atoms with Crippen LogP contribution in [0.4, 0.5) is 0 Å². The van der Waals surface area contributed by atoms with Crippen LogP contribution in [-0.2, 0) is 4.79 Å². The van der Waals surface area contributed by atoms with Crippen molar-refractivity contribution < 1.29 is 4.79 Å². The van der Waals surface area contributed by atoms with Gasteiger partial charge >= 0.3 is 0 Å². The summed E-state index contributed by atoms with van der Waals surface area (Å²) < 4.78 is 0. The predicted molar refractivity (Wildman–Crippen MR) is 60.3 cm³/mol. The Balaban J connectivity index is 2.48. The molecule has 1 aliphatic rings. The fourth-order valence-electron chi connectivity index (χ4n) is 2.52. The van der Waals surface area contributed by atoms with E-state index in [1.165, 1.54) is 12.8 Å². The Morgan fingerprint density at radius 2 is 1.71 bits per heavy atom. The van der Waals surface area contributed by atoms with Gasteiger partial charge in [0, 0.05) is 11.8 Å². The monoisotopic (exact) mass is 196 g/mol. The first-order chi connectivity index (χ1) is 6.62. The summed E-state index contributed by atoms with van der Waals surface area (Å²) in [6.45, 7) is 6.56. The Morgan fingerprint density at radius 3 is 2.14 bits per heavy atom. The van der Waals surface area contributed by atoms with Crippen LogP contribution in [0, 0.1) is 11.3 Å². The van der Waals surface area contributed by atoms with E-state index in [0.29, 0.717) is 11.7 Å². The van der Waals surface area contributed by atoms with Gasteiger partial charge in [-0.25, -0.2) is 0 Å². The molecule has 0 aromatic heterocycles. The molecule has 0 atom stereocenters. The van der Waals surface area contributed by atoms with Gasteiger partial charge in [0.25, 0.3) is 0 Å². The fourth-order valence-corrected chi connectivity index (χ4v) is 2.52. The Bertz CT molecular complexity index is 185. The van der Waals surface area contributed by atoms with Crippen molar-refractivity contribution in [3.8, 4) is 0 Å². The summed E-state index contributed by atoms with van der Waals surface area (Å²) >= 11 is 0. The number of ketones is 1. The molecule has 0 unspecified atom stereocenters. The molecule has 1 aliphatic carbocycles. The van der Waals surface area contributed by atoms with Gasteiger partial charge in [-0.1, -0.05) is 46.5 Å². The number of carbonyl (C=O) groups is 1. The lowest BCUT2D eigenvalue weighted by Crippen LogP contribution is -2.26. The van der Waals surface area contributed by atoms with Crippen LogP contribution in [-0.4, -0.2) is 5.78 Å². The molecular formula is C13H24O. The molecule has 82 valence electrons. The SMILES string of the molecule is CCC(CC)CC(=O)C1(C)CCCC1. The summed E-state index contributed by atoms with van der Waals surface area (Å²) in [4.78, 5) is 12.1. The lowest BCUT2D eigenvalue weighted by molar-refractivity contribution is -0.128. The average Bonchev–Trinajstić information content (AvgIpc) is 2.62. The van der Waals surface area contributed by atoms with Crippen molar-refractivity contribution in [3.63, 3.8) is 0 Å². The summed E-state index contributed by atoms with van der Waals surface area (Å²) in [5.41, 5.74) is 0.0442. The number of carbonyl (C=O) groups excluding carboxylic acids is 1. The zero-order valence-electron chi connectivity index (χ0n) is 9.94. The van der Waals surface area contributed by atoms with Crippen LogP contribution in [0.15, 0.2) is 0 Å². The quantitative estimate of drug-likeness (QED) is 0.650. The molecule has 0 aromatic carbocycles. The zero-order valence-corrected chi connectivity index (χ0v) is 9.94. The minimum absolute atomic E-state index is 0.0442. The molecule has 0 saturated heterocycles. The van der Waals surface area contributed by atoms with E-state index in [1.807, 2.05) is 0 Å². The Kier molecular flexibility index (Phi) is 4.15. The van der Waals surface area contributed by atoms with Crippen molar-refractivity contribution in [2.24, 2.45) is 11.3 Å². The third-order valence-corrected chi connectivity index (χ3v) is 4.01. The Morgan fingerprint density at radius 1 is 1.21 bits per heavy atom. The van der Waals surface area contributed by atoms with E-state index in [9.17, 15) is 4.79 Å². The van der Waals surface area contributed by atoms with Crippen LogP contribution in [0.2, 0.25) is 0 Å². The van der Waals surface area contributed by atoms with Crippen LogP contribution in [0.5, 0.6) is 0 Å². The number of Topliss-reactive ketones (excluding diaryl/α,β-unsaturated/α-hetero) is 1. The molecule has 0 amide bonds. The molecule has 14 heavy (non-hydrogen) atoms. The van der Waals surface area contributed by atoms with Crippen LogP contribution >= 0.6 is 0 Å². The second kappa shape index (κ2) is 4.95. The molecule has 1 saturated carbocycles. The predicted octanol–water partition coefficient (Wildman–Crippen LogP) is 3.96. The van der Waals surface area contributed by atoms with Gasteiger partial charge in [-0.2, -0.15) is 0 Å². The molecule has 0 bridgehead atoms. The maximum Gasteiger partial charge on any atom is 0.139 e. The highest BCUT2D eigenvalue weighted by molar-refractivity contribution is 5.84. The molecule has 1 heteroatoms. The van der Waals surface area contributed by atoms with Gasteiger partial charge in [-0.05, 0) is 18.8 Å². The van der Waals surface area contributed by atoms with Gasteiger partial charge in [-0.3, -0.25) is 4.79 Å². The third-order valence-electron chi connectivity index (χ3n) is 4.01. The molecule has 0 aliphatic heterocycles. The maximum atomic E-state index is 12.1. The first-order valence-corrected chi connectivity index (χ1v) is 6.15. The fraction of sp³-hybridized carbons (Fsp3) is 0.923. The third kappa shape index (κ3) is 2.59. The Hall–Kier alpha value is -0.330. The topological polar surface area (TPSA) is 17.1 Å². The smallest absolute Gasteiger partial charge is 0.139 e. The molecule has 0 heterocycles. The number of rotatable bonds is 5. The summed E-state index contributed by atoms with van der Waals surface area (Å²) in [5, 5.41) is 0. The van der Waals surface area contributed by atoms with E-state index in [4.69, 9.17) is 0 Å². The van der Waals surface area contributed by atoms with Crippen molar-refractivity contribution in [2.45, 2.75) is 65.7 Å². The molecule has 0 radical (unpaired) electrons. The molecule has 0 N–H and O–H groups in total. The van der Waals surface area contributed by atoms with E-state index in [0.717, 1.165) is 32.1 Å². The highest BCUT2D eigenvalue weighted by atomic mass is 16.1. The molecule has 0 aromatic rings. The van der Waals surface area contributed by atoms with Crippen molar-refractivity contribution in [3.05, 3.63) is 0 Å². The maximum absolute atomic E-state index is 12.1. The standard InChI is InChI=1S/C13H24O/c1-4-11(5-2)10-12(14)13(3)8-6-7-9-13/h11H,4-10H2,1-3H3. The van der Waals surface area contributed by atoms with Crippen LogP contribution in [0.3, 0.4) is 0 Å². The molecule has 1 rings (SSSR count). The summed E-state index contributed by atoms with van der Waals surface area (Å²) in [5.74, 6) is 1.16. The van der Waals surface area contributed by atoms with Crippen molar-refractivity contribution in [1.29, 1.82) is 0 Å². The van der Waals surface area contributed by atoms with Crippen molar-refractivity contribution in [2.75, 3.05) is 0 Å². The first kappa shape index (κ1) is 11.7. The lowest BCUT2D eigenvalue weighted by Gasteiger charge is -2.24. The minimum Gasteiger partial charge on any atom is -0.299 e. The van der Waals surface area contributed by atoms with Crippen molar-refractivity contribution >= 4 is 5.78 Å². The molecule has 0 spiro atoms. The van der Waals surface area contributed by atoms with Crippen LogP contribution in [0.25, 0.3) is 0 Å². The number of hydrogen-bond donors (Lipinski definition) is 0. The number of hydrogen-bond acceptors (Lipinski definition) is 1. The van der Waals surface area contributed by atoms with Gasteiger partial charge in [0.15, 0.2) is 0 Å².